The van der Waals surface area contributed by atoms with Crippen molar-refractivity contribution >= 4 is 5.82 Å². The lowest BCUT2D eigenvalue weighted by Gasteiger charge is -2.20. The molecule has 0 saturated carbocycles. The maximum Gasteiger partial charge on any atom is 0.485 e. The number of ether oxygens (including phenoxy) is 1. The predicted octanol–water partition coefficient (Wildman–Crippen LogP) is 4.49. The van der Waals surface area contributed by atoms with Crippen LogP contribution in [0.25, 0.3) is 11.1 Å². The Labute approximate surface area is 127 Å². The van der Waals surface area contributed by atoms with Crippen molar-refractivity contribution in [3.63, 3.8) is 0 Å². The average molecular weight is 310 g/mol. The minimum Gasteiger partial charge on any atom is -0.494 e. The Morgan fingerprint density at radius 2 is 1.68 bits per heavy atom. The molecular formula is C16H17F3N2O. The molecule has 6 heteroatoms. The summed E-state index contributed by atoms with van der Waals surface area (Å²) in [6.45, 7) is 2.68. The standard InChI is InChI=1S/C16H17F3N2O/c1-3-10-22-14-7-4-12(5-8-14)13-6-9-15(20-11-13)21(2)16(17,18)19/h4-9,11H,3,10H2,1-2H3. The van der Waals surface area contributed by atoms with Crippen LogP contribution in [0.5, 0.6) is 5.75 Å². The zero-order chi connectivity index (χ0) is 16.2. The number of pyridine rings is 1. The molecule has 0 unspecified atom stereocenters. The molecule has 3 nitrogen and oxygen atoms in total. The highest BCUT2D eigenvalue weighted by atomic mass is 19.4. The fraction of sp³-hybridized carbons (Fsp3) is 0.312. The Hall–Kier alpha value is -2.24. The summed E-state index contributed by atoms with van der Waals surface area (Å²) in [4.78, 5) is 4.05. The highest BCUT2D eigenvalue weighted by Gasteiger charge is 2.35. The van der Waals surface area contributed by atoms with E-state index >= 15 is 0 Å². The molecule has 0 saturated heterocycles. The van der Waals surface area contributed by atoms with E-state index in [4.69, 9.17) is 4.74 Å². The molecule has 0 aliphatic carbocycles. The van der Waals surface area contributed by atoms with E-state index in [2.05, 4.69) is 4.98 Å². The van der Waals surface area contributed by atoms with Crippen LogP contribution in [0.3, 0.4) is 0 Å². The molecule has 1 aromatic carbocycles. The average Bonchev–Trinajstić information content (AvgIpc) is 2.52. The number of benzene rings is 1. The van der Waals surface area contributed by atoms with Gasteiger partial charge in [0, 0.05) is 18.8 Å². The van der Waals surface area contributed by atoms with Gasteiger partial charge in [0.2, 0.25) is 0 Å². The summed E-state index contributed by atoms with van der Waals surface area (Å²) in [6.07, 6.45) is -2.08. The summed E-state index contributed by atoms with van der Waals surface area (Å²) in [5, 5.41) is 0. The molecule has 0 atom stereocenters. The topological polar surface area (TPSA) is 25.4 Å². The Balaban J connectivity index is 2.13. The highest BCUT2D eigenvalue weighted by molar-refractivity contribution is 5.64. The van der Waals surface area contributed by atoms with Crippen molar-refractivity contribution < 1.29 is 17.9 Å². The van der Waals surface area contributed by atoms with Crippen LogP contribution < -0.4 is 9.64 Å². The largest absolute Gasteiger partial charge is 0.494 e. The van der Waals surface area contributed by atoms with Gasteiger partial charge in [0.15, 0.2) is 0 Å². The van der Waals surface area contributed by atoms with Crippen LogP contribution in [0.15, 0.2) is 42.6 Å². The number of hydrogen-bond donors (Lipinski definition) is 0. The third-order valence-corrected chi connectivity index (χ3v) is 3.13. The molecule has 2 aromatic rings. The molecule has 2 rings (SSSR count). The van der Waals surface area contributed by atoms with Crippen molar-refractivity contribution in [2.24, 2.45) is 0 Å². The highest BCUT2D eigenvalue weighted by Crippen LogP contribution is 2.27. The molecule has 22 heavy (non-hydrogen) atoms. The fourth-order valence-corrected chi connectivity index (χ4v) is 1.85. The SMILES string of the molecule is CCCOc1ccc(-c2ccc(N(C)C(F)(F)F)nc2)cc1. The van der Waals surface area contributed by atoms with Gasteiger partial charge in [0.05, 0.1) is 6.61 Å². The molecule has 0 aliphatic rings. The zero-order valence-electron chi connectivity index (χ0n) is 12.4. The Morgan fingerprint density at radius 1 is 1.05 bits per heavy atom. The summed E-state index contributed by atoms with van der Waals surface area (Å²) >= 11 is 0. The summed E-state index contributed by atoms with van der Waals surface area (Å²) in [6, 6.07) is 10.3. The van der Waals surface area contributed by atoms with E-state index in [0.717, 1.165) is 30.3 Å². The summed E-state index contributed by atoms with van der Waals surface area (Å²) < 4.78 is 43.2. The summed E-state index contributed by atoms with van der Waals surface area (Å²) in [7, 11) is 0.946. The third-order valence-electron chi connectivity index (χ3n) is 3.13. The van der Waals surface area contributed by atoms with E-state index in [9.17, 15) is 13.2 Å². The molecule has 118 valence electrons. The first-order chi connectivity index (χ1) is 10.4. The Bertz CT molecular complexity index is 594. The van der Waals surface area contributed by atoms with E-state index in [-0.39, 0.29) is 10.7 Å². The van der Waals surface area contributed by atoms with Gasteiger partial charge in [-0.2, -0.15) is 13.2 Å². The maximum atomic E-state index is 12.6. The molecule has 0 aliphatic heterocycles. The van der Waals surface area contributed by atoms with Crippen LogP contribution in [0.4, 0.5) is 19.0 Å². The monoisotopic (exact) mass is 310 g/mol. The van der Waals surface area contributed by atoms with Crippen molar-refractivity contribution in [3.05, 3.63) is 42.6 Å². The molecule has 0 spiro atoms. The minimum absolute atomic E-state index is 0.140. The fourth-order valence-electron chi connectivity index (χ4n) is 1.85. The number of hydrogen-bond acceptors (Lipinski definition) is 3. The molecular weight excluding hydrogens is 293 g/mol. The molecule has 0 fully saturated rings. The normalized spacial score (nSPS) is 11.3. The molecule has 1 heterocycles. The van der Waals surface area contributed by atoms with Crippen molar-refractivity contribution in [1.29, 1.82) is 0 Å². The number of aromatic nitrogens is 1. The number of rotatable bonds is 5. The molecule has 0 radical (unpaired) electrons. The first kappa shape index (κ1) is 16.1. The molecule has 0 bridgehead atoms. The van der Waals surface area contributed by atoms with Crippen molar-refractivity contribution in [2.75, 3.05) is 18.6 Å². The number of nitrogens with zero attached hydrogens (tertiary/aromatic N) is 2. The third kappa shape index (κ3) is 3.90. The lowest BCUT2D eigenvalue weighted by molar-refractivity contribution is -0.126. The van der Waals surface area contributed by atoms with Gasteiger partial charge in [-0.05, 0) is 36.2 Å². The molecule has 1 aromatic heterocycles. The Kier molecular flexibility index (Phi) is 4.90. The van der Waals surface area contributed by atoms with Crippen molar-refractivity contribution in [3.8, 4) is 16.9 Å². The van der Waals surface area contributed by atoms with Gasteiger partial charge in [-0.15, -0.1) is 0 Å². The van der Waals surface area contributed by atoms with Gasteiger partial charge in [-0.25, -0.2) is 4.98 Å². The van der Waals surface area contributed by atoms with Crippen LogP contribution in [-0.2, 0) is 0 Å². The van der Waals surface area contributed by atoms with Crippen LogP contribution >= 0.6 is 0 Å². The van der Waals surface area contributed by atoms with Crippen molar-refractivity contribution in [1.82, 2.24) is 4.98 Å². The van der Waals surface area contributed by atoms with Gasteiger partial charge in [-0.1, -0.05) is 19.1 Å². The van der Waals surface area contributed by atoms with Crippen molar-refractivity contribution in [2.45, 2.75) is 19.6 Å². The van der Waals surface area contributed by atoms with Gasteiger partial charge in [-0.3, -0.25) is 4.90 Å². The predicted molar refractivity (Wildman–Crippen MR) is 79.9 cm³/mol. The van der Waals surface area contributed by atoms with Gasteiger partial charge < -0.3 is 4.74 Å². The van der Waals surface area contributed by atoms with E-state index in [0.29, 0.717) is 6.61 Å². The van der Waals surface area contributed by atoms with Crippen LogP contribution in [-0.4, -0.2) is 24.9 Å². The van der Waals surface area contributed by atoms with E-state index < -0.39 is 6.30 Å². The van der Waals surface area contributed by atoms with Gasteiger partial charge >= 0.3 is 6.30 Å². The second-order valence-corrected chi connectivity index (χ2v) is 4.80. The van der Waals surface area contributed by atoms with Gasteiger partial charge in [0.25, 0.3) is 0 Å². The molecule has 0 amide bonds. The maximum absolute atomic E-state index is 12.6. The van der Waals surface area contributed by atoms with Crippen LogP contribution in [0.1, 0.15) is 13.3 Å². The molecule has 0 N–H and O–H groups in total. The lowest BCUT2D eigenvalue weighted by atomic mass is 10.1. The smallest absolute Gasteiger partial charge is 0.485 e. The quantitative estimate of drug-likeness (QED) is 0.761. The first-order valence-electron chi connectivity index (χ1n) is 6.91. The van der Waals surface area contributed by atoms with E-state index in [1.165, 1.54) is 12.3 Å². The second-order valence-electron chi connectivity index (χ2n) is 4.80. The summed E-state index contributed by atoms with van der Waals surface area (Å²) in [5.41, 5.74) is 1.62. The second kappa shape index (κ2) is 6.68. The first-order valence-corrected chi connectivity index (χ1v) is 6.91. The zero-order valence-corrected chi connectivity index (χ0v) is 12.4. The van der Waals surface area contributed by atoms with E-state index in [1.54, 1.807) is 6.07 Å². The number of anilines is 1. The van der Waals surface area contributed by atoms with Crippen LogP contribution in [0.2, 0.25) is 0 Å². The number of halogens is 3. The van der Waals surface area contributed by atoms with E-state index in [1.807, 2.05) is 31.2 Å². The van der Waals surface area contributed by atoms with Gasteiger partial charge in [0.1, 0.15) is 11.6 Å². The lowest BCUT2D eigenvalue weighted by Crippen LogP contribution is -2.34. The Morgan fingerprint density at radius 3 is 2.18 bits per heavy atom. The number of alkyl halides is 3. The summed E-state index contributed by atoms with van der Waals surface area (Å²) in [5.74, 6) is 0.631. The van der Waals surface area contributed by atoms with Crippen LogP contribution in [0, 0.1) is 0 Å². The minimum atomic E-state index is -4.44.